The van der Waals surface area contributed by atoms with E-state index in [2.05, 4.69) is 36.3 Å². The third kappa shape index (κ3) is 2.94. The van der Waals surface area contributed by atoms with Crippen LogP contribution in [0, 0.1) is 0 Å². The smallest absolute Gasteiger partial charge is 0.265 e. The molecule has 0 fully saturated rings. The van der Waals surface area contributed by atoms with Crippen LogP contribution in [0.5, 0.6) is 11.5 Å². The summed E-state index contributed by atoms with van der Waals surface area (Å²) in [7, 11) is 0. The summed E-state index contributed by atoms with van der Waals surface area (Å²) in [6, 6.07) is 1.98. The molecule has 0 aliphatic carbocycles. The summed E-state index contributed by atoms with van der Waals surface area (Å²) in [5.41, 5.74) is 1.83. The van der Waals surface area contributed by atoms with Crippen molar-refractivity contribution in [3.8, 4) is 11.5 Å². The number of fused-ring (bicyclic) bond motifs is 1. The molecule has 1 aliphatic rings. The Kier molecular flexibility index (Phi) is 3.82. The number of carbonyl (C=O) groups is 1. The minimum absolute atomic E-state index is 0.0171. The zero-order chi connectivity index (χ0) is 15.7. The molecule has 0 unspecified atom stereocenters. The first kappa shape index (κ1) is 14.9. The molecule has 2 aromatic rings. The van der Waals surface area contributed by atoms with Crippen LogP contribution in [-0.4, -0.2) is 29.3 Å². The van der Waals surface area contributed by atoms with E-state index in [0.29, 0.717) is 36.1 Å². The first-order valence-electron chi connectivity index (χ1n) is 7.15. The Morgan fingerprint density at radius 2 is 2.18 bits per heavy atom. The fourth-order valence-electron chi connectivity index (χ4n) is 2.11. The van der Waals surface area contributed by atoms with Crippen LogP contribution in [0.25, 0.3) is 0 Å². The van der Waals surface area contributed by atoms with E-state index in [0.717, 1.165) is 11.4 Å². The van der Waals surface area contributed by atoms with Crippen LogP contribution in [0.15, 0.2) is 11.4 Å². The van der Waals surface area contributed by atoms with E-state index < -0.39 is 0 Å². The number of carbonyl (C=O) groups excluding carboxylic acids is 1. The molecule has 1 amide bonds. The summed E-state index contributed by atoms with van der Waals surface area (Å²) in [6.45, 7) is 7.69. The van der Waals surface area contributed by atoms with E-state index in [4.69, 9.17) is 9.47 Å². The lowest BCUT2D eigenvalue weighted by molar-refractivity contribution is 0.0945. The molecular weight excluding hydrogens is 302 g/mol. The standard InChI is InChI=1S/C15H19N3O3S/c1-15(2,3)11-6-9(17-18-11)7-16-14(19)13-12-10(8-22-13)20-4-5-21-12/h6,8H,4-5,7H2,1-3H3,(H,16,19)(H,17,18). The second kappa shape index (κ2) is 5.64. The largest absolute Gasteiger partial charge is 0.485 e. The van der Waals surface area contributed by atoms with Crippen LogP contribution in [-0.2, 0) is 12.0 Å². The number of hydrogen-bond donors (Lipinski definition) is 2. The monoisotopic (exact) mass is 321 g/mol. The average Bonchev–Trinajstić information content (AvgIpc) is 3.11. The Morgan fingerprint density at radius 3 is 2.91 bits per heavy atom. The van der Waals surface area contributed by atoms with Crippen molar-refractivity contribution < 1.29 is 14.3 Å². The van der Waals surface area contributed by atoms with Gasteiger partial charge in [0.15, 0.2) is 11.5 Å². The molecule has 6 nitrogen and oxygen atoms in total. The zero-order valence-electron chi connectivity index (χ0n) is 12.9. The van der Waals surface area contributed by atoms with Gasteiger partial charge in [-0.2, -0.15) is 5.10 Å². The van der Waals surface area contributed by atoms with Crippen molar-refractivity contribution in [1.29, 1.82) is 0 Å². The number of amides is 1. The summed E-state index contributed by atoms with van der Waals surface area (Å²) in [5.74, 6) is 1.04. The van der Waals surface area contributed by atoms with E-state index in [1.165, 1.54) is 11.3 Å². The predicted molar refractivity (Wildman–Crippen MR) is 83.8 cm³/mol. The van der Waals surface area contributed by atoms with E-state index >= 15 is 0 Å². The lowest BCUT2D eigenvalue weighted by atomic mass is 9.92. The number of thiophene rings is 1. The van der Waals surface area contributed by atoms with Crippen LogP contribution < -0.4 is 14.8 Å². The van der Waals surface area contributed by atoms with E-state index in [9.17, 15) is 4.79 Å². The molecule has 3 heterocycles. The maximum Gasteiger partial charge on any atom is 0.265 e. The van der Waals surface area contributed by atoms with Crippen molar-refractivity contribution in [1.82, 2.24) is 15.5 Å². The van der Waals surface area contributed by atoms with Gasteiger partial charge in [-0.1, -0.05) is 20.8 Å². The first-order chi connectivity index (χ1) is 10.4. The minimum atomic E-state index is -0.163. The number of nitrogens with zero attached hydrogens (tertiary/aromatic N) is 1. The van der Waals surface area contributed by atoms with E-state index in [-0.39, 0.29) is 11.3 Å². The molecule has 0 atom stereocenters. The maximum atomic E-state index is 12.3. The van der Waals surface area contributed by atoms with Crippen LogP contribution >= 0.6 is 11.3 Å². The Hall–Kier alpha value is -2.02. The molecule has 0 spiro atoms. The van der Waals surface area contributed by atoms with E-state index in [1.54, 1.807) is 5.38 Å². The van der Waals surface area contributed by atoms with Gasteiger partial charge in [0.05, 0.1) is 17.9 Å². The average molecular weight is 321 g/mol. The Balaban J connectivity index is 1.65. The Labute approximate surface area is 132 Å². The number of aromatic nitrogens is 2. The van der Waals surface area contributed by atoms with Crippen molar-refractivity contribution in [2.45, 2.75) is 32.7 Å². The van der Waals surface area contributed by atoms with Gasteiger partial charge in [-0.25, -0.2) is 0 Å². The van der Waals surface area contributed by atoms with E-state index in [1.807, 2.05) is 6.07 Å². The topological polar surface area (TPSA) is 76.2 Å². The molecule has 0 aromatic carbocycles. The second-order valence-electron chi connectivity index (χ2n) is 6.17. The van der Waals surface area contributed by atoms with Gasteiger partial charge in [0, 0.05) is 10.8 Å². The highest BCUT2D eigenvalue weighted by atomic mass is 32.1. The normalized spacial score (nSPS) is 14.0. The fraction of sp³-hybridized carbons (Fsp3) is 0.467. The summed E-state index contributed by atoms with van der Waals surface area (Å²) >= 11 is 1.33. The van der Waals surface area contributed by atoms with Gasteiger partial charge in [0.25, 0.3) is 5.91 Å². The molecule has 118 valence electrons. The summed E-state index contributed by atoms with van der Waals surface area (Å²) in [5, 5.41) is 11.9. The molecule has 0 saturated carbocycles. The molecule has 22 heavy (non-hydrogen) atoms. The molecule has 2 aromatic heterocycles. The molecular formula is C15H19N3O3S. The number of aromatic amines is 1. The molecule has 3 rings (SSSR count). The highest BCUT2D eigenvalue weighted by Crippen LogP contribution is 2.39. The van der Waals surface area contributed by atoms with Gasteiger partial charge in [-0.15, -0.1) is 11.3 Å². The van der Waals surface area contributed by atoms with Gasteiger partial charge < -0.3 is 14.8 Å². The molecule has 2 N–H and O–H groups in total. The Bertz CT molecular complexity index is 685. The highest BCUT2D eigenvalue weighted by molar-refractivity contribution is 7.12. The quantitative estimate of drug-likeness (QED) is 0.910. The maximum absolute atomic E-state index is 12.3. The van der Waals surface area contributed by atoms with Gasteiger partial charge in [0.2, 0.25) is 0 Å². The van der Waals surface area contributed by atoms with Crippen molar-refractivity contribution in [2.75, 3.05) is 13.2 Å². The van der Waals surface area contributed by atoms with Crippen molar-refractivity contribution in [3.05, 3.63) is 27.7 Å². The number of rotatable bonds is 3. The van der Waals surface area contributed by atoms with Crippen LogP contribution in [0.3, 0.4) is 0 Å². The second-order valence-corrected chi connectivity index (χ2v) is 7.05. The summed E-state index contributed by atoms with van der Waals surface area (Å²) in [4.78, 5) is 12.8. The third-order valence-corrected chi connectivity index (χ3v) is 4.28. The lowest BCUT2D eigenvalue weighted by Gasteiger charge is -2.15. The van der Waals surface area contributed by atoms with Crippen molar-refractivity contribution in [3.63, 3.8) is 0 Å². The predicted octanol–water partition coefficient (Wildman–Crippen LogP) is 2.47. The molecule has 7 heteroatoms. The fourth-order valence-corrected chi connectivity index (χ4v) is 2.96. The van der Waals surface area contributed by atoms with Crippen LogP contribution in [0.4, 0.5) is 0 Å². The van der Waals surface area contributed by atoms with Crippen molar-refractivity contribution in [2.24, 2.45) is 0 Å². The SMILES string of the molecule is CC(C)(C)c1cc(CNC(=O)c2scc3c2OCCO3)[nH]n1. The lowest BCUT2D eigenvalue weighted by Crippen LogP contribution is -2.24. The number of H-pyrrole nitrogens is 1. The molecule has 1 aliphatic heterocycles. The van der Waals surface area contributed by atoms with Crippen molar-refractivity contribution >= 4 is 17.2 Å². The summed E-state index contributed by atoms with van der Waals surface area (Å²) < 4.78 is 11.0. The molecule has 0 radical (unpaired) electrons. The number of ether oxygens (including phenoxy) is 2. The summed E-state index contributed by atoms with van der Waals surface area (Å²) in [6.07, 6.45) is 0. The van der Waals surface area contributed by atoms with Crippen LogP contribution in [0.1, 0.15) is 41.8 Å². The third-order valence-electron chi connectivity index (χ3n) is 3.35. The Morgan fingerprint density at radius 1 is 1.41 bits per heavy atom. The van der Waals surface area contributed by atoms with Gasteiger partial charge in [-0.3, -0.25) is 9.89 Å². The highest BCUT2D eigenvalue weighted by Gasteiger charge is 2.23. The minimum Gasteiger partial charge on any atom is -0.485 e. The van der Waals surface area contributed by atoms with Gasteiger partial charge in [0.1, 0.15) is 18.1 Å². The zero-order valence-corrected chi connectivity index (χ0v) is 13.7. The van der Waals surface area contributed by atoms with Crippen LogP contribution in [0.2, 0.25) is 0 Å². The first-order valence-corrected chi connectivity index (χ1v) is 8.03. The van der Waals surface area contributed by atoms with Gasteiger partial charge in [-0.05, 0) is 6.07 Å². The molecule has 0 bridgehead atoms. The van der Waals surface area contributed by atoms with Gasteiger partial charge >= 0.3 is 0 Å². The molecule has 0 saturated heterocycles. The number of nitrogens with one attached hydrogen (secondary N) is 2. The number of hydrogen-bond acceptors (Lipinski definition) is 5.